The highest BCUT2D eigenvalue weighted by atomic mass is 16.5. The molecule has 1 aromatic carbocycles. The summed E-state index contributed by atoms with van der Waals surface area (Å²) in [6.45, 7) is 3.58. The first-order valence-corrected chi connectivity index (χ1v) is 11.1. The summed E-state index contributed by atoms with van der Waals surface area (Å²) < 4.78 is 11.6. The van der Waals surface area contributed by atoms with Crippen LogP contribution in [0, 0.1) is 0 Å². The van der Waals surface area contributed by atoms with Crippen LogP contribution in [0.1, 0.15) is 52.3 Å². The summed E-state index contributed by atoms with van der Waals surface area (Å²) in [5.41, 5.74) is 3.14. The second-order valence-corrected chi connectivity index (χ2v) is 9.23. The number of hydrogen-bond donors (Lipinski definition) is 3. The summed E-state index contributed by atoms with van der Waals surface area (Å²) in [4.78, 5) is 39.7. The zero-order valence-corrected chi connectivity index (χ0v) is 18.4. The summed E-state index contributed by atoms with van der Waals surface area (Å²) in [5.74, 6) is 1.84. The van der Waals surface area contributed by atoms with E-state index in [1.54, 1.807) is 18.1 Å². The highest BCUT2D eigenvalue weighted by Crippen LogP contribution is 2.44. The number of amides is 4. The average molecular weight is 448 g/mol. The molecule has 9 heteroatoms. The average Bonchev–Trinajstić information content (AvgIpc) is 3.55. The van der Waals surface area contributed by atoms with Gasteiger partial charge in [0.1, 0.15) is 22.8 Å². The van der Waals surface area contributed by atoms with E-state index in [-0.39, 0.29) is 36.9 Å². The molecule has 1 saturated heterocycles. The van der Waals surface area contributed by atoms with Crippen molar-refractivity contribution >= 4 is 23.4 Å². The van der Waals surface area contributed by atoms with Crippen LogP contribution in [0.2, 0.25) is 0 Å². The Morgan fingerprint density at radius 1 is 1.18 bits per heavy atom. The molecule has 0 radical (unpaired) electrons. The lowest BCUT2D eigenvalue weighted by atomic mass is 9.85. The molecule has 1 aliphatic carbocycles. The van der Waals surface area contributed by atoms with Gasteiger partial charge in [0, 0.05) is 30.1 Å². The maximum atomic E-state index is 13.2. The van der Waals surface area contributed by atoms with E-state index in [0.29, 0.717) is 35.7 Å². The normalized spacial score (nSPS) is 25.5. The van der Waals surface area contributed by atoms with Crippen molar-refractivity contribution in [3.63, 3.8) is 0 Å². The highest BCUT2D eigenvalue weighted by molar-refractivity contribution is 6.23. The first-order chi connectivity index (χ1) is 15.9. The summed E-state index contributed by atoms with van der Waals surface area (Å²) in [7, 11) is 1.57. The van der Waals surface area contributed by atoms with Crippen LogP contribution < -0.4 is 20.7 Å². The second-order valence-electron chi connectivity index (χ2n) is 9.23. The minimum Gasteiger partial charge on any atom is -0.497 e. The topological polar surface area (TPSA) is 113 Å². The second kappa shape index (κ2) is 6.87. The van der Waals surface area contributed by atoms with Crippen molar-refractivity contribution in [2.75, 3.05) is 26.7 Å². The number of hydrogen-bond acceptors (Lipinski definition) is 5. The van der Waals surface area contributed by atoms with Crippen molar-refractivity contribution in [2.45, 2.75) is 31.3 Å². The molecule has 6 rings (SSSR count). The molecular weight excluding hydrogens is 424 g/mol. The largest absolute Gasteiger partial charge is 0.497 e. The number of carbonyl (C=O) groups excluding carboxylic acids is 3. The first-order valence-electron chi connectivity index (χ1n) is 11.1. The number of carbonyl (C=O) groups is 3. The summed E-state index contributed by atoms with van der Waals surface area (Å²) >= 11 is 0. The number of fused-ring (bicyclic) bond motifs is 3. The quantitative estimate of drug-likeness (QED) is 0.661. The summed E-state index contributed by atoms with van der Waals surface area (Å²) in [6, 6.07) is 7.03. The molecular formula is C24H24N4O5. The third kappa shape index (κ3) is 2.88. The van der Waals surface area contributed by atoms with E-state index in [0.717, 1.165) is 28.9 Å². The number of methoxy groups -OCH3 is 1. The Hall–Kier alpha value is -3.75. The molecule has 170 valence electrons. The molecule has 2 aromatic rings. The van der Waals surface area contributed by atoms with Crippen LogP contribution in [0.3, 0.4) is 0 Å². The molecule has 2 atom stereocenters. The van der Waals surface area contributed by atoms with Gasteiger partial charge in [0.15, 0.2) is 0 Å². The molecule has 0 saturated carbocycles. The van der Waals surface area contributed by atoms with Gasteiger partial charge in [-0.3, -0.25) is 9.59 Å². The number of furan rings is 1. The minimum absolute atomic E-state index is 0.0905. The maximum Gasteiger partial charge on any atom is 0.315 e. The molecule has 4 heterocycles. The fourth-order valence-electron chi connectivity index (χ4n) is 5.46. The predicted octanol–water partition coefficient (Wildman–Crippen LogP) is 1.84. The Balaban J connectivity index is 1.37. The van der Waals surface area contributed by atoms with Crippen molar-refractivity contribution < 1.29 is 23.5 Å². The van der Waals surface area contributed by atoms with Gasteiger partial charge in [-0.1, -0.05) is 13.0 Å². The highest BCUT2D eigenvalue weighted by Gasteiger charge is 2.47. The van der Waals surface area contributed by atoms with Crippen LogP contribution in [0.25, 0.3) is 5.57 Å². The molecule has 2 unspecified atom stereocenters. The van der Waals surface area contributed by atoms with Gasteiger partial charge in [-0.25, -0.2) is 4.79 Å². The fourth-order valence-corrected chi connectivity index (χ4v) is 5.46. The van der Waals surface area contributed by atoms with Crippen molar-refractivity contribution in [1.82, 2.24) is 20.9 Å². The summed E-state index contributed by atoms with van der Waals surface area (Å²) in [6.07, 6.45) is 0.757. The SMILES string of the molecule is COc1ccc2c(c1)C(=O)N(CC1(c3cc4c(o3)C(C)CC3=C4C(=O)NC3)CNC(=O)N1)C2. The monoisotopic (exact) mass is 448 g/mol. The third-order valence-corrected chi connectivity index (χ3v) is 7.11. The van der Waals surface area contributed by atoms with Gasteiger partial charge < -0.3 is 30.0 Å². The lowest BCUT2D eigenvalue weighted by Gasteiger charge is -2.30. The van der Waals surface area contributed by atoms with Gasteiger partial charge in [-0.05, 0) is 35.8 Å². The third-order valence-electron chi connectivity index (χ3n) is 7.11. The Bertz CT molecular complexity index is 1260. The van der Waals surface area contributed by atoms with Crippen LogP contribution in [-0.4, -0.2) is 49.5 Å². The van der Waals surface area contributed by atoms with E-state index in [1.165, 1.54) is 0 Å². The fraction of sp³-hybridized carbons (Fsp3) is 0.375. The maximum absolute atomic E-state index is 13.2. The van der Waals surface area contributed by atoms with Crippen molar-refractivity contribution in [3.05, 3.63) is 58.0 Å². The lowest BCUT2D eigenvalue weighted by molar-refractivity contribution is -0.114. The zero-order valence-electron chi connectivity index (χ0n) is 18.4. The molecule has 4 amide bonds. The van der Waals surface area contributed by atoms with Gasteiger partial charge in [0.25, 0.3) is 11.8 Å². The molecule has 3 aliphatic heterocycles. The lowest BCUT2D eigenvalue weighted by Crippen LogP contribution is -2.50. The summed E-state index contributed by atoms with van der Waals surface area (Å²) in [5, 5.41) is 8.72. The van der Waals surface area contributed by atoms with Crippen molar-refractivity contribution in [3.8, 4) is 5.75 Å². The number of ether oxygens (including phenoxy) is 1. The van der Waals surface area contributed by atoms with Gasteiger partial charge >= 0.3 is 6.03 Å². The van der Waals surface area contributed by atoms with Crippen LogP contribution >= 0.6 is 0 Å². The number of rotatable bonds is 4. The number of nitrogens with one attached hydrogen (secondary N) is 3. The van der Waals surface area contributed by atoms with E-state index in [2.05, 4.69) is 22.9 Å². The molecule has 0 spiro atoms. The Morgan fingerprint density at radius 3 is 2.79 bits per heavy atom. The molecule has 0 bridgehead atoms. The van der Waals surface area contributed by atoms with Crippen LogP contribution in [-0.2, 0) is 16.9 Å². The molecule has 1 aromatic heterocycles. The molecule has 3 N–H and O–H groups in total. The molecule has 4 aliphatic rings. The van der Waals surface area contributed by atoms with E-state index in [1.807, 2.05) is 18.2 Å². The predicted molar refractivity (Wildman–Crippen MR) is 118 cm³/mol. The minimum atomic E-state index is -0.939. The standard InChI is InChI=1S/C24H24N4O5/c1-12-5-14-8-25-21(29)19(14)17-7-18(33-20(12)17)24(10-26-23(31)27-24)11-28-9-13-3-4-15(32-2)6-16(13)22(28)30/h3-4,6-7,12H,5,8-11H2,1-2H3,(H,25,29)(H2,26,27,31). The van der Waals surface area contributed by atoms with Gasteiger partial charge in [0.05, 0.1) is 25.8 Å². The van der Waals surface area contributed by atoms with Gasteiger partial charge in [-0.2, -0.15) is 0 Å². The zero-order chi connectivity index (χ0) is 22.9. The van der Waals surface area contributed by atoms with Gasteiger partial charge in [-0.15, -0.1) is 0 Å². The van der Waals surface area contributed by atoms with Crippen LogP contribution in [0.5, 0.6) is 5.75 Å². The van der Waals surface area contributed by atoms with E-state index in [4.69, 9.17) is 9.15 Å². The number of urea groups is 1. The first kappa shape index (κ1) is 19.9. The number of benzene rings is 1. The van der Waals surface area contributed by atoms with Gasteiger partial charge in [0.2, 0.25) is 0 Å². The van der Waals surface area contributed by atoms with E-state index >= 15 is 0 Å². The molecule has 1 fully saturated rings. The molecule has 33 heavy (non-hydrogen) atoms. The Labute approximate surface area is 190 Å². The van der Waals surface area contributed by atoms with Crippen LogP contribution in [0.15, 0.2) is 34.3 Å². The van der Waals surface area contributed by atoms with Crippen molar-refractivity contribution in [2.24, 2.45) is 0 Å². The number of nitrogens with zero attached hydrogens (tertiary/aromatic N) is 1. The Kier molecular flexibility index (Phi) is 4.14. The van der Waals surface area contributed by atoms with Crippen LogP contribution in [0.4, 0.5) is 4.79 Å². The van der Waals surface area contributed by atoms with E-state index in [9.17, 15) is 14.4 Å². The smallest absolute Gasteiger partial charge is 0.315 e. The van der Waals surface area contributed by atoms with Crippen molar-refractivity contribution in [1.29, 1.82) is 0 Å². The molecule has 9 nitrogen and oxygen atoms in total. The van der Waals surface area contributed by atoms with E-state index < -0.39 is 5.54 Å². The Morgan fingerprint density at radius 2 is 2.03 bits per heavy atom.